The number of halogens is 1. The number of hydrogen-bond donors (Lipinski definition) is 1. The van der Waals surface area contributed by atoms with Crippen LogP contribution in [0.15, 0.2) is 48.5 Å². The van der Waals surface area contributed by atoms with Crippen LogP contribution in [0.25, 0.3) is 0 Å². The van der Waals surface area contributed by atoms with Crippen molar-refractivity contribution < 1.29 is 14.4 Å². The van der Waals surface area contributed by atoms with Crippen molar-refractivity contribution >= 4 is 35.1 Å². The van der Waals surface area contributed by atoms with Crippen LogP contribution in [0.5, 0.6) is 0 Å². The van der Waals surface area contributed by atoms with Gasteiger partial charge in [0, 0.05) is 43.3 Å². The zero-order valence-corrected chi connectivity index (χ0v) is 19.3. The lowest BCUT2D eigenvalue weighted by molar-refractivity contribution is -0.154. The number of carbonyl (C=O) groups excluding carboxylic acids is 3. The summed E-state index contributed by atoms with van der Waals surface area (Å²) in [7, 11) is 0. The molecular formula is C25H27ClN4O3. The molecule has 2 aromatic rings. The smallest absolute Gasteiger partial charge is 0.330 e. The van der Waals surface area contributed by atoms with E-state index in [1.54, 1.807) is 6.07 Å². The molecule has 33 heavy (non-hydrogen) atoms. The third-order valence-corrected chi connectivity index (χ3v) is 7.66. The molecule has 0 radical (unpaired) electrons. The highest BCUT2D eigenvalue weighted by molar-refractivity contribution is 6.32. The van der Waals surface area contributed by atoms with Gasteiger partial charge in [-0.15, -0.1) is 0 Å². The van der Waals surface area contributed by atoms with Crippen molar-refractivity contribution in [3.8, 4) is 0 Å². The largest absolute Gasteiger partial charge is 0.364 e. The lowest BCUT2D eigenvalue weighted by Crippen LogP contribution is -2.75. The lowest BCUT2D eigenvalue weighted by Gasteiger charge is -2.55. The highest BCUT2D eigenvalue weighted by Gasteiger charge is 2.62. The number of urea groups is 1. The molecule has 172 valence electrons. The quantitative estimate of drug-likeness (QED) is 0.701. The second-order valence-corrected chi connectivity index (χ2v) is 9.35. The second kappa shape index (κ2) is 8.47. The van der Waals surface area contributed by atoms with Gasteiger partial charge in [0.25, 0.3) is 0 Å². The molecule has 2 aromatic carbocycles. The van der Waals surface area contributed by atoms with Crippen LogP contribution in [-0.4, -0.2) is 66.4 Å². The van der Waals surface area contributed by atoms with Crippen LogP contribution < -0.4 is 10.2 Å². The van der Waals surface area contributed by atoms with Gasteiger partial charge in [0.1, 0.15) is 0 Å². The van der Waals surface area contributed by atoms with Crippen LogP contribution in [0.3, 0.4) is 0 Å². The van der Waals surface area contributed by atoms with E-state index < -0.39 is 23.3 Å². The van der Waals surface area contributed by atoms with Gasteiger partial charge in [-0.1, -0.05) is 54.9 Å². The maximum Gasteiger partial charge on any atom is 0.330 e. The fourth-order valence-corrected chi connectivity index (χ4v) is 5.71. The number of likely N-dealkylation sites (N-methyl/N-ethyl adjacent to an activating group) is 1. The normalized spacial score (nSPS) is 25.2. The Morgan fingerprint density at radius 3 is 2.61 bits per heavy atom. The van der Waals surface area contributed by atoms with Crippen LogP contribution in [0.1, 0.15) is 18.1 Å². The molecule has 7 nitrogen and oxygen atoms in total. The fourth-order valence-electron chi connectivity index (χ4n) is 5.47. The van der Waals surface area contributed by atoms with Crippen molar-refractivity contribution in [2.45, 2.75) is 25.8 Å². The predicted octanol–water partition coefficient (Wildman–Crippen LogP) is 2.71. The highest BCUT2D eigenvalue weighted by atomic mass is 35.5. The van der Waals surface area contributed by atoms with Crippen molar-refractivity contribution in [2.24, 2.45) is 5.41 Å². The minimum atomic E-state index is -1.41. The predicted molar refractivity (Wildman–Crippen MR) is 126 cm³/mol. The molecule has 8 heteroatoms. The zero-order chi connectivity index (χ0) is 23.2. The molecule has 1 N–H and O–H groups in total. The maximum absolute atomic E-state index is 14.1. The third kappa shape index (κ3) is 3.50. The molecule has 0 saturated carbocycles. The molecule has 0 unspecified atom stereocenters. The molecule has 3 aliphatic heterocycles. The zero-order valence-electron chi connectivity index (χ0n) is 18.6. The number of anilines is 1. The fraction of sp³-hybridized carbons (Fsp3) is 0.400. The van der Waals surface area contributed by atoms with Gasteiger partial charge < -0.3 is 4.90 Å². The van der Waals surface area contributed by atoms with Crippen LogP contribution in [-0.2, 0) is 22.4 Å². The standard InChI is InChI=1S/C25H27ClN4O3/c1-2-28-13-14-29-20-10-6-9-19(26)18(20)15-25(21(29)16-28)22(31)27-24(33)30(23(25)32)12-11-17-7-4-3-5-8-17/h3-10,21H,2,11-16H2,1H3,(H,27,31,33)/t21-,25+/m1/s1. The van der Waals surface area contributed by atoms with E-state index in [1.807, 2.05) is 42.5 Å². The number of imide groups is 2. The van der Waals surface area contributed by atoms with Gasteiger partial charge in [-0.2, -0.15) is 0 Å². The molecule has 3 aliphatic rings. The van der Waals surface area contributed by atoms with Gasteiger partial charge in [-0.3, -0.25) is 24.7 Å². The summed E-state index contributed by atoms with van der Waals surface area (Å²) in [6, 6.07) is 14.4. The Bertz CT molecular complexity index is 1110. The van der Waals surface area contributed by atoms with Gasteiger partial charge in [0.2, 0.25) is 11.8 Å². The first-order valence-electron chi connectivity index (χ1n) is 11.4. The van der Waals surface area contributed by atoms with E-state index >= 15 is 0 Å². The second-order valence-electron chi connectivity index (χ2n) is 8.94. The van der Waals surface area contributed by atoms with E-state index in [-0.39, 0.29) is 19.0 Å². The van der Waals surface area contributed by atoms with Crippen LogP contribution in [0.4, 0.5) is 10.5 Å². The van der Waals surface area contributed by atoms with Crippen molar-refractivity contribution in [1.29, 1.82) is 0 Å². The van der Waals surface area contributed by atoms with E-state index in [2.05, 4.69) is 22.0 Å². The van der Waals surface area contributed by atoms with Crippen LogP contribution in [0.2, 0.25) is 5.02 Å². The molecule has 5 rings (SSSR count). The number of nitrogens with zero attached hydrogens (tertiary/aromatic N) is 3. The van der Waals surface area contributed by atoms with Crippen molar-refractivity contribution in [3.63, 3.8) is 0 Å². The number of fused-ring (bicyclic) bond motifs is 4. The van der Waals surface area contributed by atoms with Crippen molar-refractivity contribution in [1.82, 2.24) is 15.1 Å². The third-order valence-electron chi connectivity index (χ3n) is 7.30. The van der Waals surface area contributed by atoms with E-state index in [1.165, 1.54) is 4.90 Å². The molecule has 3 heterocycles. The summed E-state index contributed by atoms with van der Waals surface area (Å²) in [6.45, 7) is 5.21. The van der Waals surface area contributed by atoms with E-state index in [4.69, 9.17) is 11.6 Å². The Labute approximate surface area is 198 Å². The number of benzene rings is 2. The van der Waals surface area contributed by atoms with E-state index in [0.29, 0.717) is 24.5 Å². The molecule has 2 atom stereocenters. The first-order chi connectivity index (χ1) is 16.0. The van der Waals surface area contributed by atoms with Gasteiger partial charge in [-0.25, -0.2) is 4.79 Å². The first-order valence-corrected chi connectivity index (χ1v) is 11.8. The number of barbiturate groups is 1. The SMILES string of the molecule is CCN1CCN2c3cccc(Cl)c3C[C@@]3(C(=O)NC(=O)N(CCc4ccccc4)C3=O)[C@H]2C1. The van der Waals surface area contributed by atoms with Crippen LogP contribution >= 0.6 is 11.6 Å². The van der Waals surface area contributed by atoms with Gasteiger partial charge in [0.05, 0.1) is 6.04 Å². The summed E-state index contributed by atoms with van der Waals surface area (Å²) in [4.78, 5) is 46.0. The van der Waals surface area contributed by atoms with Crippen molar-refractivity contribution in [3.05, 3.63) is 64.7 Å². The summed E-state index contributed by atoms with van der Waals surface area (Å²) < 4.78 is 0. The molecular weight excluding hydrogens is 440 g/mol. The van der Waals surface area contributed by atoms with E-state index in [0.717, 1.165) is 29.9 Å². The molecule has 1 spiro atoms. The molecule has 2 saturated heterocycles. The lowest BCUT2D eigenvalue weighted by atomic mass is 9.67. The first kappa shape index (κ1) is 21.9. The Kier molecular flexibility index (Phi) is 5.62. The summed E-state index contributed by atoms with van der Waals surface area (Å²) in [6.07, 6.45) is 0.706. The molecule has 2 fully saturated rings. The Hall–Kier alpha value is -2.90. The minimum Gasteiger partial charge on any atom is -0.364 e. The molecule has 0 bridgehead atoms. The van der Waals surface area contributed by atoms with Gasteiger partial charge >= 0.3 is 6.03 Å². The molecule has 0 aromatic heterocycles. The molecule has 4 amide bonds. The maximum atomic E-state index is 14.1. The number of hydrogen-bond acceptors (Lipinski definition) is 5. The van der Waals surface area contributed by atoms with Gasteiger partial charge in [0.15, 0.2) is 5.41 Å². The number of piperazine rings is 1. The minimum absolute atomic E-state index is 0.181. The van der Waals surface area contributed by atoms with Gasteiger partial charge in [-0.05, 0) is 36.2 Å². The number of rotatable bonds is 4. The average molecular weight is 467 g/mol. The number of carbonyl (C=O) groups is 3. The topological polar surface area (TPSA) is 73.0 Å². The van der Waals surface area contributed by atoms with E-state index in [9.17, 15) is 14.4 Å². The van der Waals surface area contributed by atoms with Crippen LogP contribution in [0, 0.1) is 5.41 Å². The highest BCUT2D eigenvalue weighted by Crippen LogP contribution is 2.47. The summed E-state index contributed by atoms with van der Waals surface area (Å²) in [5.74, 6) is -0.947. The monoisotopic (exact) mass is 466 g/mol. The number of amides is 4. The summed E-state index contributed by atoms with van der Waals surface area (Å²) in [5.41, 5.74) is 1.39. The average Bonchev–Trinajstić information content (AvgIpc) is 2.83. The Balaban J connectivity index is 1.56. The Morgan fingerprint density at radius 1 is 1.06 bits per heavy atom. The van der Waals surface area contributed by atoms with Crippen molar-refractivity contribution in [2.75, 3.05) is 37.6 Å². The summed E-state index contributed by atoms with van der Waals surface area (Å²) >= 11 is 6.57. The summed E-state index contributed by atoms with van der Waals surface area (Å²) in [5, 5.41) is 3.05. The Morgan fingerprint density at radius 2 is 1.85 bits per heavy atom. The number of nitrogens with one attached hydrogen (secondary N) is 1. The molecule has 0 aliphatic carbocycles.